The van der Waals surface area contributed by atoms with Gasteiger partial charge in [0.25, 0.3) is 5.91 Å². The van der Waals surface area contributed by atoms with Crippen molar-refractivity contribution in [1.82, 2.24) is 9.47 Å². The second-order valence-corrected chi connectivity index (χ2v) is 7.69. The van der Waals surface area contributed by atoms with Crippen LogP contribution in [-0.4, -0.2) is 48.2 Å². The molecule has 31 heavy (non-hydrogen) atoms. The molecule has 1 aromatic heterocycles. The van der Waals surface area contributed by atoms with Crippen LogP contribution in [0.2, 0.25) is 0 Å². The Balaban J connectivity index is 2.10. The van der Waals surface area contributed by atoms with Crippen LogP contribution in [0.15, 0.2) is 47.2 Å². The Bertz CT molecular complexity index is 1080. The Kier molecular flexibility index (Phi) is 6.81. The van der Waals surface area contributed by atoms with Crippen molar-refractivity contribution >= 4 is 18.0 Å². The van der Waals surface area contributed by atoms with Crippen LogP contribution >= 0.6 is 0 Å². The molecule has 6 heteroatoms. The molecule has 1 amide bonds. The molecule has 2 heterocycles. The van der Waals surface area contributed by atoms with Gasteiger partial charge in [-0.05, 0) is 70.0 Å². The zero-order valence-corrected chi connectivity index (χ0v) is 19.1. The summed E-state index contributed by atoms with van der Waals surface area (Å²) in [6.07, 6.45) is 1.81. The lowest BCUT2D eigenvalue weighted by molar-refractivity contribution is -0.138. The molecule has 1 aliphatic heterocycles. The molecule has 0 N–H and O–H groups in total. The highest BCUT2D eigenvalue weighted by molar-refractivity contribution is 6.16. The van der Waals surface area contributed by atoms with Crippen molar-refractivity contribution in [2.24, 2.45) is 0 Å². The molecular weight excluding hydrogens is 392 g/mol. The van der Waals surface area contributed by atoms with E-state index in [0.29, 0.717) is 30.0 Å². The normalized spacial score (nSPS) is 15.4. The molecule has 0 unspecified atom stereocenters. The number of nitrogens with zero attached hydrogens (tertiary/aromatic N) is 2. The zero-order chi connectivity index (χ0) is 22.7. The molecule has 0 saturated heterocycles. The van der Waals surface area contributed by atoms with Crippen LogP contribution in [0.1, 0.15) is 36.4 Å². The third-order valence-corrected chi connectivity index (χ3v) is 5.54. The number of methoxy groups -OCH3 is 1. The molecule has 0 bridgehead atoms. The summed E-state index contributed by atoms with van der Waals surface area (Å²) in [6.45, 7) is 10.7. The molecule has 1 aliphatic rings. The van der Waals surface area contributed by atoms with Crippen molar-refractivity contribution in [1.29, 1.82) is 0 Å². The summed E-state index contributed by atoms with van der Waals surface area (Å²) >= 11 is 0. The van der Waals surface area contributed by atoms with Crippen LogP contribution in [0.25, 0.3) is 11.8 Å². The first-order valence-electron chi connectivity index (χ1n) is 10.5. The summed E-state index contributed by atoms with van der Waals surface area (Å²) in [7, 11) is 1.59. The fraction of sp³-hybridized carbons (Fsp3) is 0.360. The topological polar surface area (TPSA) is 60.8 Å². The molecule has 6 nitrogen and oxygen atoms in total. The molecule has 0 saturated carbocycles. The van der Waals surface area contributed by atoms with Crippen molar-refractivity contribution in [3.63, 3.8) is 0 Å². The largest absolute Gasteiger partial charge is 0.462 e. The number of aryl methyl sites for hydroxylation is 2. The number of amides is 1. The first-order valence-corrected chi connectivity index (χ1v) is 10.5. The van der Waals surface area contributed by atoms with Crippen molar-refractivity contribution in [2.45, 2.75) is 34.6 Å². The van der Waals surface area contributed by atoms with Crippen LogP contribution in [0, 0.1) is 20.8 Å². The van der Waals surface area contributed by atoms with Gasteiger partial charge in [-0.25, -0.2) is 4.79 Å². The van der Waals surface area contributed by atoms with E-state index in [-0.39, 0.29) is 12.5 Å². The summed E-state index contributed by atoms with van der Waals surface area (Å²) in [6, 6.07) is 10.3. The Labute approximate surface area is 183 Å². The van der Waals surface area contributed by atoms with E-state index >= 15 is 0 Å². The number of aromatic nitrogens is 1. The van der Waals surface area contributed by atoms with Crippen LogP contribution in [0.4, 0.5) is 0 Å². The lowest BCUT2D eigenvalue weighted by atomic mass is 10.0. The zero-order valence-electron chi connectivity index (χ0n) is 19.1. The predicted octanol–water partition coefficient (Wildman–Crippen LogP) is 4.11. The molecule has 1 aromatic carbocycles. The number of rotatable bonds is 7. The number of benzene rings is 1. The summed E-state index contributed by atoms with van der Waals surface area (Å²) < 4.78 is 12.5. The summed E-state index contributed by atoms with van der Waals surface area (Å²) in [4.78, 5) is 27.5. The Hall–Kier alpha value is -3.12. The summed E-state index contributed by atoms with van der Waals surface area (Å²) in [5.41, 5.74) is 6.46. The number of hydrogen-bond donors (Lipinski definition) is 0. The lowest BCUT2D eigenvalue weighted by Gasteiger charge is -2.16. The van der Waals surface area contributed by atoms with Crippen LogP contribution in [-0.2, 0) is 19.1 Å². The minimum atomic E-state index is -0.480. The smallest absolute Gasteiger partial charge is 0.340 e. The minimum absolute atomic E-state index is 0.210. The first-order chi connectivity index (χ1) is 14.8. The summed E-state index contributed by atoms with van der Waals surface area (Å²) in [5.74, 6) is -0.690. The molecule has 0 radical (unpaired) electrons. The Morgan fingerprint density at radius 3 is 2.52 bits per heavy atom. The van der Waals surface area contributed by atoms with E-state index in [2.05, 4.69) is 29.7 Å². The molecule has 0 fully saturated rings. The Morgan fingerprint density at radius 2 is 1.87 bits per heavy atom. The quantitative estimate of drug-likeness (QED) is 0.498. The van der Waals surface area contributed by atoms with E-state index in [0.717, 1.165) is 22.6 Å². The van der Waals surface area contributed by atoms with Crippen molar-refractivity contribution in [3.8, 4) is 5.69 Å². The van der Waals surface area contributed by atoms with Crippen molar-refractivity contribution in [3.05, 3.63) is 69.7 Å². The Morgan fingerprint density at radius 1 is 1.13 bits per heavy atom. The molecule has 0 atom stereocenters. The van der Waals surface area contributed by atoms with Gasteiger partial charge in [-0.2, -0.15) is 0 Å². The SMILES string of the molecule is CCOC(=O)C1=C(C)N(CCOC)C(=O)/C1=C\c1cc(C)n(-c2cccc(C)c2)c1C. The molecule has 2 aromatic rings. The molecular formula is C25H30N2O4. The number of carbonyl (C=O) groups excluding carboxylic acids is 2. The van der Waals surface area contributed by atoms with Gasteiger partial charge in [-0.3, -0.25) is 4.79 Å². The second kappa shape index (κ2) is 9.35. The van der Waals surface area contributed by atoms with Gasteiger partial charge in [-0.1, -0.05) is 12.1 Å². The molecule has 0 aliphatic carbocycles. The van der Waals surface area contributed by atoms with Gasteiger partial charge in [0.05, 0.1) is 24.4 Å². The number of allylic oxidation sites excluding steroid dienone is 1. The molecule has 0 spiro atoms. The van der Waals surface area contributed by atoms with E-state index in [1.165, 1.54) is 5.56 Å². The molecule has 3 rings (SSSR count). The lowest BCUT2D eigenvalue weighted by Crippen LogP contribution is -2.28. The number of ether oxygens (including phenoxy) is 2. The van der Waals surface area contributed by atoms with Gasteiger partial charge >= 0.3 is 5.97 Å². The molecule has 164 valence electrons. The van der Waals surface area contributed by atoms with Gasteiger partial charge in [-0.15, -0.1) is 0 Å². The number of esters is 1. The highest BCUT2D eigenvalue weighted by Crippen LogP contribution is 2.33. The maximum atomic E-state index is 13.2. The monoisotopic (exact) mass is 422 g/mol. The van der Waals surface area contributed by atoms with Gasteiger partial charge in [0.2, 0.25) is 0 Å². The van der Waals surface area contributed by atoms with Crippen molar-refractivity contribution < 1.29 is 19.1 Å². The van der Waals surface area contributed by atoms with Gasteiger partial charge in [0.15, 0.2) is 0 Å². The minimum Gasteiger partial charge on any atom is -0.462 e. The van der Waals surface area contributed by atoms with Crippen LogP contribution in [0.3, 0.4) is 0 Å². The average molecular weight is 423 g/mol. The summed E-state index contributed by atoms with van der Waals surface area (Å²) in [5, 5.41) is 0. The maximum Gasteiger partial charge on any atom is 0.340 e. The van der Waals surface area contributed by atoms with Gasteiger partial charge in [0, 0.05) is 36.4 Å². The third-order valence-electron chi connectivity index (χ3n) is 5.54. The van der Waals surface area contributed by atoms with Gasteiger partial charge in [0.1, 0.15) is 0 Å². The van der Waals surface area contributed by atoms with E-state index in [4.69, 9.17) is 9.47 Å². The van der Waals surface area contributed by atoms with Gasteiger partial charge < -0.3 is 18.9 Å². The third kappa shape index (κ3) is 4.35. The first kappa shape index (κ1) is 22.6. The van der Waals surface area contributed by atoms with E-state index in [1.807, 2.05) is 26.0 Å². The van der Waals surface area contributed by atoms with Crippen LogP contribution < -0.4 is 0 Å². The highest BCUT2D eigenvalue weighted by Gasteiger charge is 2.37. The number of hydrogen-bond acceptors (Lipinski definition) is 4. The van der Waals surface area contributed by atoms with Crippen LogP contribution in [0.5, 0.6) is 0 Å². The van der Waals surface area contributed by atoms with E-state index in [9.17, 15) is 9.59 Å². The van der Waals surface area contributed by atoms with E-state index < -0.39 is 5.97 Å². The van der Waals surface area contributed by atoms with E-state index in [1.54, 1.807) is 31.9 Å². The average Bonchev–Trinajstić information content (AvgIpc) is 3.13. The van der Waals surface area contributed by atoms with Crippen molar-refractivity contribution in [2.75, 3.05) is 26.9 Å². The fourth-order valence-electron chi connectivity index (χ4n) is 4.03. The maximum absolute atomic E-state index is 13.2. The second-order valence-electron chi connectivity index (χ2n) is 7.69. The fourth-order valence-corrected chi connectivity index (χ4v) is 4.03. The predicted molar refractivity (Wildman–Crippen MR) is 121 cm³/mol. The highest BCUT2D eigenvalue weighted by atomic mass is 16.5. The number of carbonyl (C=O) groups is 2. The standard InChI is InChI=1S/C25H30N2O4/c1-7-31-25(29)23-19(5)26(11-12-30-6)24(28)22(23)15-20-14-17(3)27(18(20)4)21-10-8-9-16(2)13-21/h8-10,13-15H,7,11-12H2,1-6H3/b22-15-.